The van der Waals surface area contributed by atoms with Crippen LogP contribution in [0.25, 0.3) is 10.9 Å². The Bertz CT molecular complexity index is 1490. The van der Waals surface area contributed by atoms with Crippen molar-refractivity contribution in [1.82, 2.24) is 9.78 Å². The van der Waals surface area contributed by atoms with E-state index in [0.717, 1.165) is 11.1 Å². The highest BCUT2D eigenvalue weighted by molar-refractivity contribution is 7.92. The number of nitrogens with one attached hydrogen (secondary N) is 2. The first-order chi connectivity index (χ1) is 15.7. The van der Waals surface area contributed by atoms with Crippen LogP contribution in [0.15, 0.2) is 82.6 Å². The first kappa shape index (κ1) is 22.2. The number of aromatic nitrogens is 2. The molecular weight excluding hydrogens is 440 g/mol. The molecule has 0 aliphatic heterocycles. The molecule has 0 spiro atoms. The van der Waals surface area contributed by atoms with E-state index in [2.05, 4.69) is 15.1 Å². The molecule has 9 heteroatoms. The molecule has 0 unspecified atom stereocenters. The third-order valence-corrected chi connectivity index (χ3v) is 6.59. The van der Waals surface area contributed by atoms with E-state index in [-0.39, 0.29) is 22.8 Å². The average molecular weight is 463 g/mol. The van der Waals surface area contributed by atoms with Crippen molar-refractivity contribution < 1.29 is 13.2 Å². The van der Waals surface area contributed by atoms with Crippen LogP contribution in [0.5, 0.6) is 0 Å². The number of nitrogens with zero attached hydrogens (tertiary/aromatic N) is 2. The molecular formula is C24H22N4O4S. The van der Waals surface area contributed by atoms with Crippen LogP contribution in [0.1, 0.15) is 11.1 Å². The van der Waals surface area contributed by atoms with E-state index in [9.17, 15) is 18.0 Å². The van der Waals surface area contributed by atoms with Gasteiger partial charge in [-0.05, 0) is 61.4 Å². The molecule has 1 amide bonds. The first-order valence-corrected chi connectivity index (χ1v) is 11.7. The molecule has 1 heterocycles. The smallest absolute Gasteiger partial charge is 0.261 e. The van der Waals surface area contributed by atoms with Gasteiger partial charge in [-0.15, -0.1) is 0 Å². The van der Waals surface area contributed by atoms with Crippen molar-refractivity contribution in [3.05, 3.63) is 94.3 Å². The molecule has 0 saturated heterocycles. The number of benzene rings is 3. The van der Waals surface area contributed by atoms with Crippen molar-refractivity contribution in [2.45, 2.75) is 25.3 Å². The summed E-state index contributed by atoms with van der Waals surface area (Å²) in [6.07, 6.45) is 1.18. The summed E-state index contributed by atoms with van der Waals surface area (Å²) in [5.74, 6) is -0.361. The second kappa shape index (κ2) is 8.87. The van der Waals surface area contributed by atoms with Gasteiger partial charge >= 0.3 is 0 Å². The topological polar surface area (TPSA) is 110 Å². The van der Waals surface area contributed by atoms with Gasteiger partial charge < -0.3 is 5.32 Å². The van der Waals surface area contributed by atoms with Gasteiger partial charge in [-0.2, -0.15) is 5.10 Å². The number of amides is 1. The summed E-state index contributed by atoms with van der Waals surface area (Å²) in [4.78, 5) is 24.6. The van der Waals surface area contributed by atoms with E-state index >= 15 is 0 Å². The van der Waals surface area contributed by atoms with Gasteiger partial charge in [0.05, 0.1) is 22.3 Å². The van der Waals surface area contributed by atoms with Crippen molar-refractivity contribution in [2.24, 2.45) is 0 Å². The standard InChI is InChI=1S/C24H22N4O4S/c1-16-6-5-7-17(2)24(16)27-33(31,32)19-12-10-18(11-13-19)26-23(30)15-28-21-9-4-3-8-20(21)22(29)14-25-28/h3-14,27H,15H2,1-2H3,(H,26,30). The highest BCUT2D eigenvalue weighted by atomic mass is 32.2. The molecule has 168 valence electrons. The quantitative estimate of drug-likeness (QED) is 0.456. The monoisotopic (exact) mass is 462 g/mol. The third kappa shape index (κ3) is 4.78. The second-order valence-corrected chi connectivity index (χ2v) is 9.31. The summed E-state index contributed by atoms with van der Waals surface area (Å²) >= 11 is 0. The van der Waals surface area contributed by atoms with E-state index < -0.39 is 10.0 Å². The molecule has 4 rings (SSSR count). The lowest BCUT2D eigenvalue weighted by Gasteiger charge is -2.14. The number of carbonyl (C=O) groups is 1. The second-order valence-electron chi connectivity index (χ2n) is 7.63. The summed E-state index contributed by atoms with van der Waals surface area (Å²) in [6.45, 7) is 3.57. The van der Waals surface area contributed by atoms with Gasteiger partial charge in [0.15, 0.2) is 0 Å². The summed E-state index contributed by atoms with van der Waals surface area (Å²) in [5.41, 5.74) is 2.98. The molecule has 0 aliphatic rings. The first-order valence-electron chi connectivity index (χ1n) is 10.2. The zero-order valence-electron chi connectivity index (χ0n) is 18.1. The highest BCUT2D eigenvalue weighted by Crippen LogP contribution is 2.24. The minimum absolute atomic E-state index is 0.0798. The minimum atomic E-state index is -3.79. The highest BCUT2D eigenvalue weighted by Gasteiger charge is 2.17. The summed E-state index contributed by atoms with van der Waals surface area (Å²) in [5, 5.41) is 7.25. The lowest BCUT2D eigenvalue weighted by molar-refractivity contribution is -0.116. The fraction of sp³-hybridized carbons (Fsp3) is 0.125. The molecule has 0 saturated carbocycles. The van der Waals surface area contributed by atoms with Crippen LogP contribution in [-0.2, 0) is 21.4 Å². The molecule has 0 radical (unpaired) electrons. The number of rotatable bonds is 6. The molecule has 4 aromatic rings. The predicted octanol–water partition coefficient (Wildman–Crippen LogP) is 3.45. The van der Waals surface area contributed by atoms with E-state index in [1.165, 1.54) is 35.1 Å². The molecule has 33 heavy (non-hydrogen) atoms. The minimum Gasteiger partial charge on any atom is -0.324 e. The van der Waals surface area contributed by atoms with E-state index in [0.29, 0.717) is 22.3 Å². The number of hydrogen-bond acceptors (Lipinski definition) is 5. The zero-order chi connectivity index (χ0) is 23.6. The van der Waals surface area contributed by atoms with Crippen LogP contribution in [0.4, 0.5) is 11.4 Å². The Hall–Kier alpha value is -3.98. The largest absolute Gasteiger partial charge is 0.324 e. The number of sulfonamides is 1. The van der Waals surface area contributed by atoms with Crippen molar-refractivity contribution in [2.75, 3.05) is 10.0 Å². The molecule has 2 N–H and O–H groups in total. The fourth-order valence-corrected chi connectivity index (χ4v) is 4.71. The van der Waals surface area contributed by atoms with Crippen molar-refractivity contribution >= 4 is 38.2 Å². The van der Waals surface area contributed by atoms with Crippen LogP contribution < -0.4 is 15.5 Å². The fourth-order valence-electron chi connectivity index (χ4n) is 3.51. The molecule has 0 aliphatic carbocycles. The maximum atomic E-state index is 12.8. The normalized spacial score (nSPS) is 11.3. The number of para-hydroxylation sites is 2. The number of anilines is 2. The SMILES string of the molecule is Cc1cccc(C)c1NS(=O)(=O)c1ccc(NC(=O)Cn2ncc(=O)c3ccccc32)cc1. The van der Waals surface area contributed by atoms with Crippen LogP contribution >= 0.6 is 0 Å². The Balaban J connectivity index is 1.48. The Morgan fingerprint density at radius 1 is 0.939 bits per heavy atom. The van der Waals surface area contributed by atoms with E-state index in [1.54, 1.807) is 24.3 Å². The van der Waals surface area contributed by atoms with Gasteiger partial charge in [0.1, 0.15) is 6.54 Å². The number of carbonyl (C=O) groups excluding carboxylic acids is 1. The Morgan fingerprint density at radius 2 is 1.61 bits per heavy atom. The Kier molecular flexibility index (Phi) is 5.97. The van der Waals surface area contributed by atoms with Gasteiger partial charge in [-0.1, -0.05) is 30.3 Å². The van der Waals surface area contributed by atoms with Gasteiger partial charge in [0, 0.05) is 11.1 Å². The van der Waals surface area contributed by atoms with Crippen molar-refractivity contribution in [3.8, 4) is 0 Å². The number of aryl methyl sites for hydroxylation is 2. The van der Waals surface area contributed by atoms with Crippen LogP contribution in [0.2, 0.25) is 0 Å². The Morgan fingerprint density at radius 3 is 2.30 bits per heavy atom. The van der Waals surface area contributed by atoms with Gasteiger partial charge in [0.2, 0.25) is 11.3 Å². The van der Waals surface area contributed by atoms with E-state index in [1.807, 2.05) is 32.0 Å². The lowest BCUT2D eigenvalue weighted by atomic mass is 10.1. The van der Waals surface area contributed by atoms with Crippen LogP contribution in [0.3, 0.4) is 0 Å². The molecule has 8 nitrogen and oxygen atoms in total. The average Bonchev–Trinajstić information content (AvgIpc) is 2.79. The van der Waals surface area contributed by atoms with Gasteiger partial charge in [-0.25, -0.2) is 8.42 Å². The van der Waals surface area contributed by atoms with E-state index in [4.69, 9.17) is 0 Å². The molecule has 1 aromatic heterocycles. The molecule has 3 aromatic carbocycles. The third-order valence-electron chi connectivity index (χ3n) is 5.22. The molecule has 0 bridgehead atoms. The molecule has 0 atom stereocenters. The Labute approximate surface area is 190 Å². The maximum absolute atomic E-state index is 12.8. The predicted molar refractivity (Wildman–Crippen MR) is 128 cm³/mol. The van der Waals surface area contributed by atoms with Gasteiger partial charge in [0.25, 0.3) is 10.0 Å². The van der Waals surface area contributed by atoms with Crippen molar-refractivity contribution in [3.63, 3.8) is 0 Å². The zero-order valence-corrected chi connectivity index (χ0v) is 18.9. The summed E-state index contributed by atoms with van der Waals surface area (Å²) in [6, 6.07) is 18.4. The van der Waals surface area contributed by atoms with Crippen LogP contribution in [0, 0.1) is 13.8 Å². The molecule has 0 fully saturated rings. The van der Waals surface area contributed by atoms with Crippen LogP contribution in [-0.4, -0.2) is 24.1 Å². The number of hydrogen-bond donors (Lipinski definition) is 2. The van der Waals surface area contributed by atoms with Crippen molar-refractivity contribution in [1.29, 1.82) is 0 Å². The maximum Gasteiger partial charge on any atom is 0.261 e. The summed E-state index contributed by atoms with van der Waals surface area (Å²) < 4.78 is 29.7. The lowest BCUT2D eigenvalue weighted by Crippen LogP contribution is -2.22. The van der Waals surface area contributed by atoms with Gasteiger partial charge in [-0.3, -0.25) is 19.0 Å². The number of fused-ring (bicyclic) bond motifs is 1. The summed E-state index contributed by atoms with van der Waals surface area (Å²) in [7, 11) is -3.79.